The summed E-state index contributed by atoms with van der Waals surface area (Å²) in [5.41, 5.74) is -2.35. The van der Waals surface area contributed by atoms with Crippen LogP contribution in [0.5, 0.6) is 0 Å². The first-order valence-corrected chi connectivity index (χ1v) is 4.50. The van der Waals surface area contributed by atoms with Gasteiger partial charge in [0.05, 0.1) is 17.7 Å². The van der Waals surface area contributed by atoms with Crippen molar-refractivity contribution in [3.05, 3.63) is 34.9 Å². The number of hydrogen-bond acceptors (Lipinski definition) is 3. The summed E-state index contributed by atoms with van der Waals surface area (Å²) in [7, 11) is 0. The number of aromatic carboxylic acids is 1. The second kappa shape index (κ2) is 4.72. The summed E-state index contributed by atoms with van der Waals surface area (Å²) in [4.78, 5) is 10.6. The molecule has 1 atom stereocenters. The van der Waals surface area contributed by atoms with E-state index in [1.807, 2.05) is 0 Å². The minimum atomic E-state index is -4.79. The molecule has 94 valence electrons. The maximum absolute atomic E-state index is 12.6. The Balaban J connectivity index is 3.37. The average Bonchev–Trinajstić information content (AvgIpc) is 2.26. The molecule has 1 rings (SSSR count). The molecule has 0 fully saturated rings. The van der Waals surface area contributed by atoms with Gasteiger partial charge in [-0.1, -0.05) is 6.07 Å². The normalized spacial score (nSPS) is 13.5. The van der Waals surface area contributed by atoms with E-state index in [1.165, 1.54) is 0 Å². The van der Waals surface area contributed by atoms with Gasteiger partial charge in [-0.2, -0.15) is 13.2 Å². The van der Waals surface area contributed by atoms with Crippen LogP contribution in [0, 0.1) is 0 Å². The number of aliphatic hydroxyl groups excluding tert-OH is 2. The fourth-order valence-electron chi connectivity index (χ4n) is 1.32. The lowest BCUT2D eigenvalue weighted by atomic mass is 9.99. The molecule has 0 aliphatic carbocycles. The third-order valence-corrected chi connectivity index (χ3v) is 2.14. The minimum absolute atomic E-state index is 0.427. The highest BCUT2D eigenvalue weighted by Gasteiger charge is 2.35. The largest absolute Gasteiger partial charge is 0.478 e. The van der Waals surface area contributed by atoms with Gasteiger partial charge in [-0.05, 0) is 17.7 Å². The summed E-state index contributed by atoms with van der Waals surface area (Å²) in [5, 5.41) is 26.4. The van der Waals surface area contributed by atoms with Crippen molar-refractivity contribution in [1.29, 1.82) is 0 Å². The number of halogens is 3. The second-order valence-corrected chi connectivity index (χ2v) is 3.30. The lowest BCUT2D eigenvalue weighted by molar-refractivity contribution is -0.139. The van der Waals surface area contributed by atoms with Crippen LogP contribution in [0.25, 0.3) is 0 Å². The molecule has 1 aromatic carbocycles. The molecule has 0 saturated carbocycles. The molecule has 0 spiro atoms. The van der Waals surface area contributed by atoms with Crippen molar-refractivity contribution in [1.82, 2.24) is 0 Å². The van der Waals surface area contributed by atoms with Crippen LogP contribution in [0.4, 0.5) is 13.2 Å². The molecule has 1 unspecified atom stereocenters. The standard InChI is InChI=1S/C10H9F3O4/c11-10(12,13)7-3-5(9(16)17)1-2-6(7)8(15)4-14/h1-3,8,14-15H,4H2,(H,16,17). The highest BCUT2D eigenvalue weighted by atomic mass is 19.4. The number of aliphatic hydroxyl groups is 2. The lowest BCUT2D eigenvalue weighted by Crippen LogP contribution is -2.15. The van der Waals surface area contributed by atoms with Gasteiger partial charge in [-0.3, -0.25) is 0 Å². The predicted octanol–water partition coefficient (Wildman–Crippen LogP) is 1.43. The number of carbonyl (C=O) groups is 1. The van der Waals surface area contributed by atoms with E-state index in [2.05, 4.69) is 0 Å². The highest BCUT2D eigenvalue weighted by molar-refractivity contribution is 5.88. The molecule has 0 amide bonds. The molecule has 0 aromatic heterocycles. The van der Waals surface area contributed by atoms with Crippen LogP contribution < -0.4 is 0 Å². The summed E-state index contributed by atoms with van der Waals surface area (Å²) in [5.74, 6) is -1.50. The first-order chi connectivity index (χ1) is 7.77. The number of carboxylic acid groups (broad SMARTS) is 1. The Hall–Kier alpha value is -1.60. The number of hydrogen-bond donors (Lipinski definition) is 3. The zero-order valence-electron chi connectivity index (χ0n) is 8.40. The lowest BCUT2D eigenvalue weighted by Gasteiger charge is -2.16. The number of rotatable bonds is 3. The summed E-state index contributed by atoms with van der Waals surface area (Å²) >= 11 is 0. The van der Waals surface area contributed by atoms with Gasteiger partial charge in [0.15, 0.2) is 0 Å². The zero-order chi connectivity index (χ0) is 13.2. The smallest absolute Gasteiger partial charge is 0.416 e. The van der Waals surface area contributed by atoms with Crippen LogP contribution >= 0.6 is 0 Å². The van der Waals surface area contributed by atoms with E-state index in [0.717, 1.165) is 12.1 Å². The first kappa shape index (κ1) is 13.5. The van der Waals surface area contributed by atoms with Crippen LogP contribution in [-0.4, -0.2) is 27.9 Å². The average molecular weight is 250 g/mol. The maximum atomic E-state index is 12.6. The molecule has 0 aliphatic heterocycles. The molecule has 0 heterocycles. The molecular weight excluding hydrogens is 241 g/mol. The maximum Gasteiger partial charge on any atom is 0.416 e. The van der Waals surface area contributed by atoms with Crippen LogP contribution in [0.3, 0.4) is 0 Å². The molecule has 17 heavy (non-hydrogen) atoms. The topological polar surface area (TPSA) is 77.8 Å². The molecule has 3 N–H and O–H groups in total. The van der Waals surface area contributed by atoms with Crippen molar-refractivity contribution in [3.8, 4) is 0 Å². The van der Waals surface area contributed by atoms with E-state index in [9.17, 15) is 23.1 Å². The van der Waals surface area contributed by atoms with Crippen LogP contribution in [0.1, 0.15) is 27.6 Å². The molecule has 0 bridgehead atoms. The molecular formula is C10H9F3O4. The molecule has 0 saturated heterocycles. The molecule has 7 heteroatoms. The SMILES string of the molecule is O=C(O)c1ccc(C(O)CO)c(C(F)(F)F)c1. The van der Waals surface area contributed by atoms with Crippen LogP contribution in [0.15, 0.2) is 18.2 Å². The molecule has 4 nitrogen and oxygen atoms in total. The first-order valence-electron chi connectivity index (χ1n) is 4.50. The highest BCUT2D eigenvalue weighted by Crippen LogP contribution is 2.35. The Morgan fingerprint density at radius 1 is 1.35 bits per heavy atom. The Kier molecular flexibility index (Phi) is 3.74. The summed E-state index contributed by atoms with van der Waals surface area (Å²) in [6.45, 7) is -0.879. The molecule has 0 radical (unpaired) electrons. The van der Waals surface area contributed by atoms with Crippen LogP contribution in [-0.2, 0) is 6.18 Å². The van der Waals surface area contributed by atoms with Gasteiger partial charge in [0.2, 0.25) is 0 Å². The minimum Gasteiger partial charge on any atom is -0.478 e. The van der Waals surface area contributed by atoms with Crippen LogP contribution in [0.2, 0.25) is 0 Å². The zero-order valence-corrected chi connectivity index (χ0v) is 8.40. The number of alkyl halides is 3. The van der Waals surface area contributed by atoms with E-state index >= 15 is 0 Å². The van der Waals surface area contributed by atoms with Crippen molar-refractivity contribution in [3.63, 3.8) is 0 Å². The fourth-order valence-corrected chi connectivity index (χ4v) is 1.32. The van der Waals surface area contributed by atoms with Gasteiger partial charge >= 0.3 is 12.1 Å². The Labute approximate surface area is 93.9 Å². The van der Waals surface area contributed by atoms with E-state index in [1.54, 1.807) is 0 Å². The monoisotopic (exact) mass is 250 g/mol. The summed E-state index contributed by atoms with van der Waals surface area (Å²) in [6, 6.07) is 2.20. The Morgan fingerprint density at radius 3 is 2.35 bits per heavy atom. The van der Waals surface area contributed by atoms with Gasteiger partial charge in [0.25, 0.3) is 0 Å². The van der Waals surface area contributed by atoms with Gasteiger partial charge in [-0.25, -0.2) is 4.79 Å². The van der Waals surface area contributed by atoms with Gasteiger partial charge in [0.1, 0.15) is 6.10 Å². The van der Waals surface area contributed by atoms with E-state index in [-0.39, 0.29) is 0 Å². The second-order valence-electron chi connectivity index (χ2n) is 3.30. The van der Waals surface area contributed by atoms with Gasteiger partial charge in [-0.15, -0.1) is 0 Å². The van der Waals surface area contributed by atoms with Crippen molar-refractivity contribution >= 4 is 5.97 Å². The summed E-state index contributed by atoms with van der Waals surface area (Å²) < 4.78 is 37.8. The van der Waals surface area contributed by atoms with Crippen molar-refractivity contribution < 1.29 is 33.3 Å². The Morgan fingerprint density at radius 2 is 1.94 bits per heavy atom. The Bertz CT molecular complexity index is 428. The molecule has 0 aliphatic rings. The van der Waals surface area contributed by atoms with Gasteiger partial charge in [0, 0.05) is 0 Å². The third kappa shape index (κ3) is 2.95. The number of carboxylic acids is 1. The van der Waals surface area contributed by atoms with E-state index < -0.39 is 41.5 Å². The fraction of sp³-hybridized carbons (Fsp3) is 0.300. The summed E-state index contributed by atoms with van der Waals surface area (Å²) in [6.07, 6.45) is -6.49. The number of benzene rings is 1. The van der Waals surface area contributed by atoms with Crippen molar-refractivity contribution in [2.45, 2.75) is 12.3 Å². The van der Waals surface area contributed by atoms with Crippen molar-refractivity contribution in [2.75, 3.05) is 6.61 Å². The van der Waals surface area contributed by atoms with E-state index in [4.69, 9.17) is 10.2 Å². The van der Waals surface area contributed by atoms with Crippen molar-refractivity contribution in [2.24, 2.45) is 0 Å². The third-order valence-electron chi connectivity index (χ3n) is 2.14. The van der Waals surface area contributed by atoms with E-state index in [0.29, 0.717) is 6.07 Å². The van der Waals surface area contributed by atoms with Gasteiger partial charge < -0.3 is 15.3 Å². The molecule has 1 aromatic rings. The predicted molar refractivity (Wildman–Crippen MR) is 50.4 cm³/mol. The quantitative estimate of drug-likeness (QED) is 0.758.